The van der Waals surface area contributed by atoms with Gasteiger partial charge in [0.1, 0.15) is 0 Å². The van der Waals surface area contributed by atoms with Crippen molar-refractivity contribution in [2.75, 3.05) is 10.6 Å². The van der Waals surface area contributed by atoms with Gasteiger partial charge >= 0.3 is 0 Å². The number of rotatable bonds is 4. The molecule has 0 aliphatic rings. The Labute approximate surface area is 136 Å². The molecule has 0 saturated heterocycles. The maximum Gasteiger partial charge on any atom is 0.221 e. The van der Waals surface area contributed by atoms with E-state index in [0.29, 0.717) is 0 Å². The molecule has 2 rings (SSSR count). The first-order valence-electron chi connectivity index (χ1n) is 6.10. The number of nitrogens with one attached hydrogen (secondary N) is 2. The Morgan fingerprint density at radius 2 is 1.90 bits per heavy atom. The highest BCUT2D eigenvalue weighted by Gasteiger charge is 2.01. The molecule has 0 unspecified atom stereocenters. The van der Waals surface area contributed by atoms with E-state index in [1.165, 1.54) is 6.92 Å². The number of hydrogen-bond acceptors (Lipinski definition) is 2. The van der Waals surface area contributed by atoms with E-state index in [4.69, 9.17) is 11.6 Å². The Bertz CT molecular complexity index is 614. The second-order valence-corrected chi connectivity index (χ2v) is 5.95. The second kappa shape index (κ2) is 6.95. The first-order valence-corrected chi connectivity index (χ1v) is 7.56. The van der Waals surface area contributed by atoms with E-state index in [1.54, 1.807) is 0 Å². The Hall–Kier alpha value is -1.27. The quantitative estimate of drug-likeness (QED) is 0.741. The average molecular weight is 401 g/mol. The zero-order chi connectivity index (χ0) is 14.5. The maximum absolute atomic E-state index is 10.9. The van der Waals surface area contributed by atoms with Crippen LogP contribution in [0.25, 0.3) is 0 Å². The van der Waals surface area contributed by atoms with Gasteiger partial charge in [0.25, 0.3) is 0 Å². The van der Waals surface area contributed by atoms with Gasteiger partial charge in [-0.3, -0.25) is 4.79 Å². The Morgan fingerprint density at radius 3 is 2.50 bits per heavy atom. The molecule has 0 aliphatic carbocycles. The van der Waals surface area contributed by atoms with E-state index in [2.05, 4.69) is 33.2 Å². The zero-order valence-corrected chi connectivity index (χ0v) is 13.8. The van der Waals surface area contributed by atoms with Crippen molar-refractivity contribution in [2.45, 2.75) is 13.5 Å². The fourth-order valence-corrected chi connectivity index (χ4v) is 2.80. The number of benzene rings is 2. The fourth-order valence-electron chi connectivity index (χ4n) is 1.74. The predicted molar refractivity (Wildman–Crippen MR) is 92.2 cm³/mol. The van der Waals surface area contributed by atoms with Gasteiger partial charge in [0.15, 0.2) is 0 Å². The van der Waals surface area contributed by atoms with E-state index in [1.807, 2.05) is 42.5 Å². The molecular formula is C15H14ClIN2O. The normalized spacial score (nSPS) is 10.2. The summed E-state index contributed by atoms with van der Waals surface area (Å²) < 4.78 is 1.09. The summed E-state index contributed by atoms with van der Waals surface area (Å²) in [5, 5.41) is 6.84. The summed E-state index contributed by atoms with van der Waals surface area (Å²) in [6, 6.07) is 13.5. The van der Waals surface area contributed by atoms with Crippen molar-refractivity contribution in [3.63, 3.8) is 0 Å². The standard InChI is InChI=1S/C15H14ClIN2O/c1-10(20)19-13-5-2-11(3-6-13)9-18-15-7-4-12(16)8-14(15)17/h2-8,18H,9H2,1H3,(H,19,20). The third-order valence-electron chi connectivity index (χ3n) is 2.69. The van der Waals surface area contributed by atoms with Crippen LogP contribution in [0.4, 0.5) is 11.4 Å². The zero-order valence-electron chi connectivity index (χ0n) is 10.9. The van der Waals surface area contributed by atoms with Crippen LogP contribution in [0, 0.1) is 3.57 Å². The second-order valence-electron chi connectivity index (χ2n) is 4.36. The largest absolute Gasteiger partial charge is 0.380 e. The van der Waals surface area contributed by atoms with Gasteiger partial charge in [-0.2, -0.15) is 0 Å². The van der Waals surface area contributed by atoms with Crippen LogP contribution in [0.15, 0.2) is 42.5 Å². The van der Waals surface area contributed by atoms with E-state index >= 15 is 0 Å². The molecule has 0 atom stereocenters. The summed E-state index contributed by atoms with van der Waals surface area (Å²) in [5.41, 5.74) is 3.01. The Balaban J connectivity index is 1.98. The molecule has 3 nitrogen and oxygen atoms in total. The molecule has 104 valence electrons. The van der Waals surface area contributed by atoms with Crippen molar-refractivity contribution < 1.29 is 4.79 Å². The van der Waals surface area contributed by atoms with Crippen LogP contribution in [0.1, 0.15) is 12.5 Å². The van der Waals surface area contributed by atoms with Gasteiger partial charge in [0.2, 0.25) is 5.91 Å². The summed E-state index contributed by atoms with van der Waals surface area (Å²) in [5.74, 6) is -0.0633. The lowest BCUT2D eigenvalue weighted by atomic mass is 10.2. The lowest BCUT2D eigenvalue weighted by Gasteiger charge is -2.10. The molecule has 5 heteroatoms. The van der Waals surface area contributed by atoms with Gasteiger partial charge < -0.3 is 10.6 Å². The summed E-state index contributed by atoms with van der Waals surface area (Å²) >= 11 is 8.18. The topological polar surface area (TPSA) is 41.1 Å². The summed E-state index contributed by atoms with van der Waals surface area (Å²) in [7, 11) is 0. The smallest absolute Gasteiger partial charge is 0.221 e. The summed E-state index contributed by atoms with van der Waals surface area (Å²) in [4.78, 5) is 10.9. The fraction of sp³-hybridized carbons (Fsp3) is 0.133. The lowest BCUT2D eigenvalue weighted by molar-refractivity contribution is -0.114. The third-order valence-corrected chi connectivity index (χ3v) is 3.82. The van der Waals surface area contributed by atoms with E-state index < -0.39 is 0 Å². The number of carbonyl (C=O) groups is 1. The minimum atomic E-state index is -0.0633. The SMILES string of the molecule is CC(=O)Nc1ccc(CNc2ccc(Cl)cc2I)cc1. The minimum absolute atomic E-state index is 0.0633. The molecule has 0 aromatic heterocycles. The Kier molecular flexibility index (Phi) is 5.25. The molecule has 2 aromatic rings. The molecule has 0 aliphatic heterocycles. The van der Waals surface area contributed by atoms with Crippen LogP contribution in [0.2, 0.25) is 5.02 Å². The highest BCUT2D eigenvalue weighted by atomic mass is 127. The number of hydrogen-bond donors (Lipinski definition) is 2. The van der Waals surface area contributed by atoms with Crippen LogP contribution in [-0.2, 0) is 11.3 Å². The number of amides is 1. The third kappa shape index (κ3) is 4.38. The Morgan fingerprint density at radius 1 is 1.20 bits per heavy atom. The molecule has 1 amide bonds. The van der Waals surface area contributed by atoms with Crippen LogP contribution >= 0.6 is 34.2 Å². The molecule has 0 saturated carbocycles. The summed E-state index contributed by atoms with van der Waals surface area (Å²) in [6.07, 6.45) is 0. The molecular weight excluding hydrogens is 387 g/mol. The van der Waals surface area contributed by atoms with E-state index in [-0.39, 0.29) is 5.91 Å². The summed E-state index contributed by atoms with van der Waals surface area (Å²) in [6.45, 7) is 2.22. The van der Waals surface area contributed by atoms with Crippen LogP contribution in [0.5, 0.6) is 0 Å². The lowest BCUT2D eigenvalue weighted by Crippen LogP contribution is -2.06. The molecule has 2 N–H and O–H groups in total. The van der Waals surface area contributed by atoms with Crippen molar-refractivity contribution >= 4 is 51.5 Å². The van der Waals surface area contributed by atoms with Crippen molar-refractivity contribution in [3.8, 4) is 0 Å². The van der Waals surface area contributed by atoms with Gasteiger partial charge in [-0.15, -0.1) is 0 Å². The first-order chi connectivity index (χ1) is 9.54. The number of anilines is 2. The van der Waals surface area contributed by atoms with E-state index in [9.17, 15) is 4.79 Å². The maximum atomic E-state index is 10.9. The van der Waals surface area contributed by atoms with Crippen molar-refractivity contribution in [1.82, 2.24) is 0 Å². The monoisotopic (exact) mass is 400 g/mol. The molecule has 0 bridgehead atoms. The van der Waals surface area contributed by atoms with Crippen molar-refractivity contribution in [1.29, 1.82) is 0 Å². The van der Waals surface area contributed by atoms with Gasteiger partial charge in [0, 0.05) is 33.4 Å². The number of carbonyl (C=O) groups excluding carboxylic acids is 1. The first kappa shape index (κ1) is 15.1. The van der Waals surface area contributed by atoms with Gasteiger partial charge in [-0.1, -0.05) is 23.7 Å². The highest BCUT2D eigenvalue weighted by Crippen LogP contribution is 2.23. The van der Waals surface area contributed by atoms with Crippen molar-refractivity contribution in [2.24, 2.45) is 0 Å². The average Bonchev–Trinajstić information content (AvgIpc) is 2.39. The number of halogens is 2. The predicted octanol–water partition coefficient (Wildman–Crippen LogP) is 4.52. The van der Waals surface area contributed by atoms with Gasteiger partial charge in [0.05, 0.1) is 0 Å². The van der Waals surface area contributed by atoms with E-state index in [0.717, 1.165) is 32.1 Å². The molecule has 20 heavy (non-hydrogen) atoms. The van der Waals surface area contributed by atoms with Crippen LogP contribution < -0.4 is 10.6 Å². The minimum Gasteiger partial charge on any atom is -0.380 e. The van der Waals surface area contributed by atoms with Crippen molar-refractivity contribution in [3.05, 3.63) is 56.6 Å². The van der Waals surface area contributed by atoms with Crippen LogP contribution in [-0.4, -0.2) is 5.91 Å². The molecule has 0 fully saturated rings. The molecule has 2 aromatic carbocycles. The van der Waals surface area contributed by atoms with Gasteiger partial charge in [-0.05, 0) is 58.5 Å². The highest BCUT2D eigenvalue weighted by molar-refractivity contribution is 14.1. The van der Waals surface area contributed by atoms with Crippen LogP contribution in [0.3, 0.4) is 0 Å². The molecule has 0 spiro atoms. The molecule has 0 heterocycles. The molecule has 0 radical (unpaired) electrons. The van der Waals surface area contributed by atoms with Gasteiger partial charge in [-0.25, -0.2) is 0 Å².